The van der Waals surface area contributed by atoms with Crippen LogP contribution < -0.4 is 14.8 Å². The number of nitrogens with one attached hydrogen (secondary N) is 1. The second kappa shape index (κ2) is 7.45. The summed E-state index contributed by atoms with van der Waals surface area (Å²) in [5.41, 5.74) is 0.985. The van der Waals surface area contributed by atoms with Gasteiger partial charge in [0.25, 0.3) is 0 Å². The van der Waals surface area contributed by atoms with Gasteiger partial charge in [-0.1, -0.05) is 6.07 Å². The van der Waals surface area contributed by atoms with Crippen LogP contribution in [0.15, 0.2) is 42.5 Å². The van der Waals surface area contributed by atoms with Gasteiger partial charge in [-0.15, -0.1) is 0 Å². The van der Waals surface area contributed by atoms with Gasteiger partial charge in [-0.3, -0.25) is 4.79 Å². The summed E-state index contributed by atoms with van der Waals surface area (Å²) in [5, 5.41) is 2.64. The lowest BCUT2D eigenvalue weighted by molar-refractivity contribution is -0.116. The summed E-state index contributed by atoms with van der Waals surface area (Å²) in [6.07, 6.45) is 0.182. The van der Waals surface area contributed by atoms with Gasteiger partial charge in [0.2, 0.25) is 5.91 Å². The smallest absolute Gasteiger partial charge is 0.227 e. The van der Waals surface area contributed by atoms with Crippen molar-refractivity contribution in [3.63, 3.8) is 0 Å². The normalized spacial score (nSPS) is 10.1. The molecule has 2 aromatic carbocycles. The van der Waals surface area contributed by atoms with Gasteiger partial charge >= 0.3 is 0 Å². The maximum Gasteiger partial charge on any atom is 0.227 e. The first kappa shape index (κ1) is 15.8. The van der Waals surface area contributed by atoms with E-state index in [0.29, 0.717) is 17.0 Å². The molecule has 2 rings (SSSR count). The zero-order valence-electron chi connectivity index (χ0n) is 12.6. The van der Waals surface area contributed by atoms with Crippen LogP contribution in [0.4, 0.5) is 10.1 Å². The third kappa shape index (κ3) is 4.48. The van der Waals surface area contributed by atoms with Gasteiger partial charge in [0.1, 0.15) is 17.3 Å². The molecular formula is C17H18FNO3. The molecule has 0 aliphatic rings. The number of ether oxygens (including phenoxy) is 2. The second-order valence-corrected chi connectivity index (χ2v) is 4.79. The Balaban J connectivity index is 1.78. The number of amides is 1. The number of hydrogen-bond donors (Lipinski definition) is 1. The zero-order valence-corrected chi connectivity index (χ0v) is 12.6. The number of benzene rings is 2. The summed E-state index contributed by atoms with van der Waals surface area (Å²) in [6.45, 7) is 1.91. The molecule has 0 saturated carbocycles. The molecule has 5 heteroatoms. The Bertz CT molecular complexity index is 641. The molecule has 0 aromatic heterocycles. The molecule has 1 amide bonds. The van der Waals surface area contributed by atoms with Gasteiger partial charge in [-0.2, -0.15) is 0 Å². The molecule has 0 aliphatic carbocycles. The van der Waals surface area contributed by atoms with E-state index in [2.05, 4.69) is 5.32 Å². The standard InChI is InChI=1S/C17H18FNO3/c1-12-3-4-13(11-16(12)18)19-17(20)9-10-22-15-7-5-14(21-2)6-8-15/h3-8,11H,9-10H2,1-2H3,(H,19,20). The molecule has 22 heavy (non-hydrogen) atoms. The van der Waals surface area contributed by atoms with Crippen molar-refractivity contribution in [3.8, 4) is 11.5 Å². The van der Waals surface area contributed by atoms with E-state index in [1.807, 2.05) is 0 Å². The van der Waals surface area contributed by atoms with Crippen LogP contribution in [0.5, 0.6) is 11.5 Å². The van der Waals surface area contributed by atoms with E-state index in [-0.39, 0.29) is 24.8 Å². The van der Waals surface area contributed by atoms with Crippen molar-refractivity contribution < 1.29 is 18.7 Å². The fourth-order valence-electron chi connectivity index (χ4n) is 1.83. The largest absolute Gasteiger partial charge is 0.497 e. The fraction of sp³-hybridized carbons (Fsp3) is 0.235. The van der Waals surface area contributed by atoms with E-state index in [1.54, 1.807) is 50.4 Å². The molecule has 0 atom stereocenters. The maximum atomic E-state index is 13.4. The summed E-state index contributed by atoms with van der Waals surface area (Å²) in [6, 6.07) is 11.7. The predicted octanol–water partition coefficient (Wildman–Crippen LogP) is 3.55. The zero-order chi connectivity index (χ0) is 15.9. The molecule has 0 bridgehead atoms. The number of halogens is 1. The van der Waals surface area contributed by atoms with Crippen LogP contribution in [0.3, 0.4) is 0 Å². The minimum Gasteiger partial charge on any atom is -0.497 e. The van der Waals surface area contributed by atoms with Crippen molar-refractivity contribution in [3.05, 3.63) is 53.8 Å². The van der Waals surface area contributed by atoms with E-state index in [9.17, 15) is 9.18 Å². The number of aryl methyl sites for hydroxylation is 1. The van der Waals surface area contributed by atoms with Gasteiger partial charge in [-0.05, 0) is 48.9 Å². The van der Waals surface area contributed by atoms with Gasteiger partial charge in [0.05, 0.1) is 20.1 Å². The molecule has 0 heterocycles. The molecular weight excluding hydrogens is 285 g/mol. The summed E-state index contributed by atoms with van der Waals surface area (Å²) in [4.78, 5) is 11.8. The van der Waals surface area contributed by atoms with E-state index in [0.717, 1.165) is 5.75 Å². The Morgan fingerprint density at radius 3 is 2.45 bits per heavy atom. The second-order valence-electron chi connectivity index (χ2n) is 4.79. The molecule has 0 aliphatic heterocycles. The first-order valence-corrected chi connectivity index (χ1v) is 6.91. The summed E-state index contributed by atoms with van der Waals surface area (Å²) < 4.78 is 23.9. The van der Waals surface area contributed by atoms with Crippen LogP contribution in [0.1, 0.15) is 12.0 Å². The molecule has 0 fully saturated rings. The highest BCUT2D eigenvalue weighted by Crippen LogP contribution is 2.17. The summed E-state index contributed by atoms with van der Waals surface area (Å²) in [7, 11) is 1.59. The minimum atomic E-state index is -0.340. The summed E-state index contributed by atoms with van der Waals surface area (Å²) in [5.74, 6) is 0.838. The first-order valence-electron chi connectivity index (χ1n) is 6.91. The van der Waals surface area contributed by atoms with Gasteiger partial charge in [-0.25, -0.2) is 4.39 Å². The average molecular weight is 303 g/mol. The number of carbonyl (C=O) groups excluding carboxylic acids is 1. The Morgan fingerprint density at radius 1 is 1.14 bits per heavy atom. The fourth-order valence-corrected chi connectivity index (χ4v) is 1.83. The van der Waals surface area contributed by atoms with Gasteiger partial charge < -0.3 is 14.8 Å². The Kier molecular flexibility index (Phi) is 5.36. The highest BCUT2D eigenvalue weighted by Gasteiger charge is 2.05. The minimum absolute atomic E-state index is 0.182. The predicted molar refractivity (Wildman–Crippen MR) is 82.9 cm³/mol. The quantitative estimate of drug-likeness (QED) is 0.887. The Morgan fingerprint density at radius 2 is 1.82 bits per heavy atom. The summed E-state index contributed by atoms with van der Waals surface area (Å²) >= 11 is 0. The highest BCUT2D eigenvalue weighted by molar-refractivity contribution is 5.90. The number of rotatable bonds is 6. The maximum absolute atomic E-state index is 13.4. The van der Waals surface area contributed by atoms with Crippen molar-refractivity contribution >= 4 is 11.6 Å². The van der Waals surface area contributed by atoms with Crippen LogP contribution in [0.25, 0.3) is 0 Å². The lowest BCUT2D eigenvalue weighted by Gasteiger charge is -2.08. The Hall–Kier alpha value is -2.56. The number of anilines is 1. The number of carbonyl (C=O) groups is 1. The van der Waals surface area contributed by atoms with E-state index < -0.39 is 0 Å². The average Bonchev–Trinajstić information content (AvgIpc) is 2.51. The van der Waals surface area contributed by atoms with Crippen LogP contribution in [0, 0.1) is 12.7 Å². The van der Waals surface area contributed by atoms with Gasteiger partial charge in [0, 0.05) is 5.69 Å². The molecule has 2 aromatic rings. The molecule has 0 saturated heterocycles. The Labute approximate surface area is 128 Å². The molecule has 0 radical (unpaired) electrons. The molecule has 1 N–H and O–H groups in total. The molecule has 0 spiro atoms. The molecule has 4 nitrogen and oxygen atoms in total. The first-order chi connectivity index (χ1) is 10.6. The molecule has 116 valence electrons. The topological polar surface area (TPSA) is 47.6 Å². The van der Waals surface area contributed by atoms with Crippen molar-refractivity contribution in [1.29, 1.82) is 0 Å². The van der Waals surface area contributed by atoms with Crippen LogP contribution in [-0.4, -0.2) is 19.6 Å². The highest BCUT2D eigenvalue weighted by atomic mass is 19.1. The third-order valence-electron chi connectivity index (χ3n) is 3.11. The van der Waals surface area contributed by atoms with Crippen molar-refractivity contribution in [2.45, 2.75) is 13.3 Å². The van der Waals surface area contributed by atoms with E-state index >= 15 is 0 Å². The van der Waals surface area contributed by atoms with Crippen molar-refractivity contribution in [2.75, 3.05) is 19.0 Å². The lowest BCUT2D eigenvalue weighted by atomic mass is 10.2. The van der Waals surface area contributed by atoms with Crippen molar-refractivity contribution in [2.24, 2.45) is 0 Å². The number of hydrogen-bond acceptors (Lipinski definition) is 3. The van der Waals surface area contributed by atoms with Crippen LogP contribution in [0.2, 0.25) is 0 Å². The SMILES string of the molecule is COc1ccc(OCCC(=O)Nc2ccc(C)c(F)c2)cc1. The lowest BCUT2D eigenvalue weighted by Crippen LogP contribution is -2.15. The van der Waals surface area contributed by atoms with E-state index in [4.69, 9.17) is 9.47 Å². The van der Waals surface area contributed by atoms with Crippen molar-refractivity contribution in [1.82, 2.24) is 0 Å². The van der Waals surface area contributed by atoms with Crippen LogP contribution >= 0.6 is 0 Å². The van der Waals surface area contributed by atoms with Gasteiger partial charge in [0.15, 0.2) is 0 Å². The van der Waals surface area contributed by atoms with E-state index in [1.165, 1.54) is 6.07 Å². The van der Waals surface area contributed by atoms with Crippen LogP contribution in [-0.2, 0) is 4.79 Å². The molecule has 0 unspecified atom stereocenters. The third-order valence-corrected chi connectivity index (χ3v) is 3.11. The monoisotopic (exact) mass is 303 g/mol. The number of methoxy groups -OCH3 is 1.